The van der Waals surface area contributed by atoms with E-state index in [0.29, 0.717) is 16.9 Å². The smallest absolute Gasteiger partial charge is 0.139 e. The summed E-state index contributed by atoms with van der Waals surface area (Å²) in [4.78, 5) is 3.97. The summed E-state index contributed by atoms with van der Waals surface area (Å²) >= 11 is 0. The Morgan fingerprint density at radius 1 is 1.10 bits per heavy atom. The number of halogens is 2. The van der Waals surface area contributed by atoms with E-state index in [1.165, 1.54) is 18.3 Å². The van der Waals surface area contributed by atoms with Gasteiger partial charge in [0.05, 0.1) is 12.7 Å². The van der Waals surface area contributed by atoms with Gasteiger partial charge in [-0.05, 0) is 23.8 Å². The van der Waals surface area contributed by atoms with Crippen LogP contribution in [-0.2, 0) is 6.61 Å². The number of aromatic nitrogens is 1. The highest BCUT2D eigenvalue weighted by molar-refractivity contribution is 5.37. The van der Waals surface area contributed by atoms with Gasteiger partial charge in [-0.15, -0.1) is 0 Å². The van der Waals surface area contributed by atoms with Crippen molar-refractivity contribution in [2.24, 2.45) is 5.73 Å². The fraction of sp³-hybridized carbons (Fsp3) is 0.133. The Hall–Kier alpha value is -2.45. The van der Waals surface area contributed by atoms with E-state index in [0.717, 1.165) is 6.07 Å². The summed E-state index contributed by atoms with van der Waals surface area (Å²) in [6.45, 7) is 0.303. The lowest BCUT2D eigenvalue weighted by atomic mass is 10.2. The van der Waals surface area contributed by atoms with E-state index in [4.69, 9.17) is 10.5 Å². The van der Waals surface area contributed by atoms with E-state index in [2.05, 4.69) is 16.8 Å². The molecule has 1 aromatic carbocycles. The number of rotatable bonds is 3. The first-order valence-electron chi connectivity index (χ1n) is 5.89. The molecule has 20 heavy (non-hydrogen) atoms. The van der Waals surface area contributed by atoms with Gasteiger partial charge in [0.1, 0.15) is 24.0 Å². The molecule has 102 valence electrons. The van der Waals surface area contributed by atoms with Crippen LogP contribution in [-0.4, -0.2) is 11.5 Å². The van der Waals surface area contributed by atoms with Gasteiger partial charge in [-0.3, -0.25) is 4.98 Å². The summed E-state index contributed by atoms with van der Waals surface area (Å²) in [6.07, 6.45) is 3.08. The van der Waals surface area contributed by atoms with Crippen LogP contribution >= 0.6 is 0 Å². The molecule has 0 saturated heterocycles. The molecule has 0 aliphatic rings. The number of benzene rings is 1. The van der Waals surface area contributed by atoms with E-state index in [1.54, 1.807) is 12.3 Å². The van der Waals surface area contributed by atoms with E-state index in [1.807, 2.05) is 0 Å². The third kappa shape index (κ3) is 4.04. The van der Waals surface area contributed by atoms with Crippen LogP contribution in [0.25, 0.3) is 0 Å². The van der Waals surface area contributed by atoms with Gasteiger partial charge in [-0.25, -0.2) is 8.78 Å². The van der Waals surface area contributed by atoms with Crippen LogP contribution in [0.5, 0.6) is 5.75 Å². The van der Waals surface area contributed by atoms with E-state index >= 15 is 0 Å². The molecule has 0 saturated carbocycles. The van der Waals surface area contributed by atoms with Gasteiger partial charge < -0.3 is 10.5 Å². The largest absolute Gasteiger partial charge is 0.487 e. The Kier molecular flexibility index (Phi) is 4.64. The molecule has 0 atom stereocenters. The first kappa shape index (κ1) is 14.0. The van der Waals surface area contributed by atoms with Crippen LogP contribution < -0.4 is 10.5 Å². The van der Waals surface area contributed by atoms with Crippen LogP contribution in [0, 0.1) is 23.5 Å². The van der Waals surface area contributed by atoms with E-state index in [9.17, 15) is 8.78 Å². The second-order valence-corrected chi connectivity index (χ2v) is 3.98. The molecule has 5 heteroatoms. The molecule has 2 rings (SSSR count). The zero-order chi connectivity index (χ0) is 14.4. The second kappa shape index (κ2) is 6.64. The highest BCUT2D eigenvalue weighted by Crippen LogP contribution is 2.14. The average Bonchev–Trinajstić information content (AvgIpc) is 2.42. The first-order chi connectivity index (χ1) is 9.67. The van der Waals surface area contributed by atoms with E-state index < -0.39 is 11.6 Å². The van der Waals surface area contributed by atoms with Gasteiger partial charge in [0.2, 0.25) is 0 Å². The fourth-order valence-electron chi connectivity index (χ4n) is 1.58. The van der Waals surface area contributed by atoms with Gasteiger partial charge >= 0.3 is 0 Å². The molecule has 0 fully saturated rings. The number of pyridine rings is 1. The first-order valence-corrected chi connectivity index (χ1v) is 5.89. The van der Waals surface area contributed by atoms with Crippen LogP contribution in [0.15, 0.2) is 36.7 Å². The monoisotopic (exact) mass is 274 g/mol. The lowest BCUT2D eigenvalue weighted by Gasteiger charge is -2.06. The van der Waals surface area contributed by atoms with Crippen molar-refractivity contribution in [1.29, 1.82) is 0 Å². The molecule has 0 spiro atoms. The Balaban J connectivity index is 2.07. The Morgan fingerprint density at radius 2 is 1.85 bits per heavy atom. The minimum Gasteiger partial charge on any atom is -0.487 e. The number of nitrogens with zero attached hydrogens (tertiary/aromatic N) is 1. The van der Waals surface area contributed by atoms with Crippen molar-refractivity contribution in [3.05, 3.63) is 59.4 Å². The molecule has 0 bridgehead atoms. The van der Waals surface area contributed by atoms with Crippen molar-refractivity contribution in [3.63, 3.8) is 0 Å². The summed E-state index contributed by atoms with van der Waals surface area (Å²) in [5.41, 5.74) is 6.35. The van der Waals surface area contributed by atoms with E-state index in [-0.39, 0.29) is 13.2 Å². The lowest BCUT2D eigenvalue weighted by Crippen LogP contribution is -1.98. The summed E-state index contributed by atoms with van der Waals surface area (Å²) in [7, 11) is 0. The third-order valence-corrected chi connectivity index (χ3v) is 2.38. The summed E-state index contributed by atoms with van der Waals surface area (Å²) in [5.74, 6) is 4.73. The Bertz CT molecular complexity index is 642. The molecule has 2 aromatic rings. The van der Waals surface area contributed by atoms with Crippen LogP contribution in [0.2, 0.25) is 0 Å². The molecule has 0 unspecified atom stereocenters. The van der Waals surface area contributed by atoms with Gasteiger partial charge in [0.15, 0.2) is 0 Å². The van der Waals surface area contributed by atoms with Gasteiger partial charge in [-0.1, -0.05) is 11.8 Å². The van der Waals surface area contributed by atoms with Crippen LogP contribution in [0.4, 0.5) is 8.78 Å². The lowest BCUT2D eigenvalue weighted by molar-refractivity contribution is 0.303. The molecular weight excluding hydrogens is 262 g/mol. The van der Waals surface area contributed by atoms with Crippen molar-refractivity contribution in [2.45, 2.75) is 6.61 Å². The van der Waals surface area contributed by atoms with Crippen LogP contribution in [0.3, 0.4) is 0 Å². The number of nitrogens with two attached hydrogens (primary N) is 1. The van der Waals surface area contributed by atoms with Crippen LogP contribution in [0.1, 0.15) is 11.1 Å². The normalized spacial score (nSPS) is 9.75. The quantitative estimate of drug-likeness (QED) is 0.873. The topological polar surface area (TPSA) is 48.1 Å². The Morgan fingerprint density at radius 3 is 2.55 bits per heavy atom. The zero-order valence-electron chi connectivity index (χ0n) is 10.6. The molecule has 1 aromatic heterocycles. The summed E-state index contributed by atoms with van der Waals surface area (Å²) < 4.78 is 31.5. The summed E-state index contributed by atoms with van der Waals surface area (Å²) in [6, 6.07) is 4.93. The highest BCUT2D eigenvalue weighted by Gasteiger charge is 2.02. The number of hydrogen-bond acceptors (Lipinski definition) is 3. The standard InChI is InChI=1S/C15H12F2N2O/c16-13-4-12(5-14(17)7-13)10-20-15-6-11(2-1-3-18)8-19-9-15/h4-9H,3,10,18H2. The minimum absolute atomic E-state index is 0.0458. The number of ether oxygens (including phenoxy) is 1. The van der Waals surface area contributed by atoms with Crippen molar-refractivity contribution in [3.8, 4) is 17.6 Å². The molecule has 0 radical (unpaired) electrons. The molecule has 0 aliphatic carbocycles. The molecule has 2 N–H and O–H groups in total. The maximum absolute atomic E-state index is 13.0. The molecule has 1 heterocycles. The zero-order valence-corrected chi connectivity index (χ0v) is 10.6. The van der Waals surface area contributed by atoms with Crippen molar-refractivity contribution in [1.82, 2.24) is 4.98 Å². The van der Waals surface area contributed by atoms with Crippen molar-refractivity contribution in [2.75, 3.05) is 6.54 Å². The summed E-state index contributed by atoms with van der Waals surface area (Å²) in [5, 5.41) is 0. The van der Waals surface area contributed by atoms with Gasteiger partial charge in [-0.2, -0.15) is 0 Å². The van der Waals surface area contributed by atoms with Crippen molar-refractivity contribution >= 4 is 0 Å². The SMILES string of the molecule is NCC#Cc1cncc(OCc2cc(F)cc(F)c2)c1. The maximum Gasteiger partial charge on any atom is 0.139 e. The molecule has 0 amide bonds. The molecule has 3 nitrogen and oxygen atoms in total. The fourth-order valence-corrected chi connectivity index (χ4v) is 1.58. The average molecular weight is 274 g/mol. The van der Waals surface area contributed by atoms with Gasteiger partial charge in [0.25, 0.3) is 0 Å². The predicted octanol–water partition coefficient (Wildman–Crippen LogP) is 2.25. The molecule has 0 aliphatic heterocycles. The van der Waals surface area contributed by atoms with Crippen molar-refractivity contribution < 1.29 is 13.5 Å². The maximum atomic E-state index is 13.0. The highest BCUT2D eigenvalue weighted by atomic mass is 19.1. The minimum atomic E-state index is -0.635. The molecular formula is C15H12F2N2O. The number of hydrogen-bond donors (Lipinski definition) is 1. The third-order valence-electron chi connectivity index (χ3n) is 2.38. The van der Waals surface area contributed by atoms with Gasteiger partial charge in [0, 0.05) is 17.8 Å². The predicted molar refractivity (Wildman–Crippen MR) is 70.9 cm³/mol. The Labute approximate surface area is 115 Å². The second-order valence-electron chi connectivity index (χ2n) is 3.98.